The van der Waals surface area contributed by atoms with Crippen molar-refractivity contribution in [2.24, 2.45) is 15.7 Å². The van der Waals surface area contributed by atoms with E-state index in [1.807, 2.05) is 72.8 Å². The van der Waals surface area contributed by atoms with Gasteiger partial charge in [-0.3, -0.25) is 4.99 Å². The van der Waals surface area contributed by atoms with Crippen molar-refractivity contribution in [2.75, 3.05) is 0 Å². The Bertz CT molecular complexity index is 3010. The average molecular weight is 716 g/mol. The van der Waals surface area contributed by atoms with Crippen molar-refractivity contribution in [3.63, 3.8) is 0 Å². The molecule has 0 unspecified atom stereocenters. The predicted molar refractivity (Wildman–Crippen MR) is 256 cm³/mol. The Morgan fingerprint density at radius 1 is 0.571 bits per heavy atom. The van der Waals surface area contributed by atoms with E-state index in [-0.39, 0.29) is 0 Å². The molecule has 2 heterocycles. The monoisotopic (exact) mass is 716 g/mol. The second-order valence-electron chi connectivity index (χ2n) is 15.0. The van der Waals surface area contributed by atoms with Crippen LogP contribution < -0.4 is 38.5 Å². The summed E-state index contributed by atoms with van der Waals surface area (Å²) in [6.07, 6.45) is 0. The molecule has 262 valence electrons. The molecule has 9 rings (SSSR count). The number of hydrogen-bond donors (Lipinski definition) is 1. The van der Waals surface area contributed by atoms with E-state index in [0.29, 0.717) is 18.2 Å². The number of hydrogen-bond acceptors (Lipinski definition) is 2. The first-order valence-electron chi connectivity index (χ1n) is 19.2. The molecule has 0 aliphatic carbocycles. The van der Waals surface area contributed by atoms with Gasteiger partial charge in [-0.25, -0.2) is 4.99 Å². The summed E-state index contributed by atoms with van der Waals surface area (Å²) in [5, 5.41) is 4.81. The Balaban J connectivity index is 1.22. The second-order valence-corrected chi connectivity index (χ2v) is 15.0. The van der Waals surface area contributed by atoms with Crippen LogP contribution in [0.1, 0.15) is 16.7 Å². The highest BCUT2D eigenvalue weighted by Crippen LogP contribution is 2.38. The molecule has 0 aliphatic rings. The fraction of sp³-hybridized carbons (Fsp3) is 0.0222. The molecule has 2 aromatic heterocycles. The summed E-state index contributed by atoms with van der Waals surface area (Å²) >= 11 is 0. The highest BCUT2D eigenvalue weighted by atomic mass is 16.3. The Morgan fingerprint density at radius 3 is 1.84 bits per heavy atom. The number of nitrogens with zero attached hydrogens (tertiary/aromatic N) is 3. The number of amidine groups is 2. The van der Waals surface area contributed by atoms with Gasteiger partial charge in [0.05, 0.1) is 12.2 Å². The Labute approximate surface area is 332 Å². The van der Waals surface area contributed by atoms with Crippen LogP contribution in [0.25, 0.3) is 60.6 Å². The van der Waals surface area contributed by atoms with Crippen LogP contribution in [0.2, 0.25) is 0 Å². The Hall–Kier alpha value is -6.33. The zero-order valence-electron chi connectivity index (χ0n) is 32.7. The summed E-state index contributed by atoms with van der Waals surface area (Å²) < 4.78 is 9.02. The molecule has 0 aliphatic heterocycles. The third-order valence-corrected chi connectivity index (χ3v) is 11.5. The van der Waals surface area contributed by atoms with Gasteiger partial charge in [-0.2, -0.15) is 0 Å². The SMILES string of the molecule is Bc1cc(B)c2c(c1B)c1c(B)c(B)cc(B)c1n2-c1ccccc1-c1ccc2oc3cccc(C/N=C(\N=C(/N)c4ccccc4)c4ccccc4)c3c2c1. The molecule has 2 N–H and O–H groups in total. The van der Waals surface area contributed by atoms with E-state index in [1.165, 1.54) is 54.6 Å². The molecule has 5 nitrogen and oxygen atoms in total. The molecule has 56 heavy (non-hydrogen) atoms. The number of para-hydroxylation sites is 1. The molecular formula is C45H38B6N4O. The van der Waals surface area contributed by atoms with Crippen LogP contribution in [0, 0.1) is 0 Å². The fourth-order valence-electron chi connectivity index (χ4n) is 8.53. The van der Waals surface area contributed by atoms with Gasteiger partial charge in [0.1, 0.15) is 64.1 Å². The maximum absolute atomic E-state index is 6.53. The van der Waals surface area contributed by atoms with E-state index in [2.05, 4.69) is 112 Å². The topological polar surface area (TPSA) is 68.8 Å². The quantitative estimate of drug-likeness (QED) is 0.153. The van der Waals surface area contributed by atoms with Gasteiger partial charge in [0, 0.05) is 38.5 Å². The molecule has 0 spiro atoms. The van der Waals surface area contributed by atoms with E-state index in [0.717, 1.165) is 55.4 Å². The van der Waals surface area contributed by atoms with Crippen molar-refractivity contribution in [2.45, 2.75) is 6.54 Å². The van der Waals surface area contributed by atoms with Crippen LogP contribution in [0.15, 0.2) is 148 Å². The number of furan rings is 1. The molecule has 7 aromatic carbocycles. The van der Waals surface area contributed by atoms with Crippen molar-refractivity contribution < 1.29 is 4.42 Å². The van der Waals surface area contributed by atoms with Crippen LogP contribution in [-0.4, -0.2) is 63.3 Å². The number of rotatable bonds is 6. The van der Waals surface area contributed by atoms with Gasteiger partial charge in [-0.15, -0.1) is 0 Å². The van der Waals surface area contributed by atoms with Crippen LogP contribution in [-0.2, 0) is 6.54 Å². The lowest BCUT2D eigenvalue weighted by Crippen LogP contribution is -2.33. The third-order valence-electron chi connectivity index (χ3n) is 11.5. The van der Waals surface area contributed by atoms with Crippen LogP contribution in [0.5, 0.6) is 0 Å². The van der Waals surface area contributed by atoms with Crippen molar-refractivity contribution >= 4 is 135 Å². The van der Waals surface area contributed by atoms with Gasteiger partial charge < -0.3 is 14.7 Å². The maximum Gasteiger partial charge on any atom is 0.157 e. The van der Waals surface area contributed by atoms with Crippen molar-refractivity contribution in [3.05, 3.63) is 150 Å². The van der Waals surface area contributed by atoms with E-state index >= 15 is 0 Å². The molecule has 9 aromatic rings. The molecule has 0 fully saturated rings. The van der Waals surface area contributed by atoms with Crippen molar-refractivity contribution in [3.8, 4) is 16.8 Å². The van der Waals surface area contributed by atoms with Crippen molar-refractivity contribution in [1.82, 2.24) is 4.57 Å². The second kappa shape index (κ2) is 14.1. The summed E-state index contributed by atoms with van der Waals surface area (Å²) in [4.78, 5) is 9.94. The maximum atomic E-state index is 6.53. The van der Waals surface area contributed by atoms with Crippen LogP contribution in [0.3, 0.4) is 0 Å². The number of aliphatic imine (C=N–C) groups is 2. The first-order chi connectivity index (χ1) is 27.2. The summed E-state index contributed by atoms with van der Waals surface area (Å²) in [6.45, 7) is 0.403. The smallest absolute Gasteiger partial charge is 0.157 e. The number of fused-ring (bicyclic) bond motifs is 6. The minimum Gasteiger partial charge on any atom is -0.456 e. The van der Waals surface area contributed by atoms with Gasteiger partial charge >= 0.3 is 0 Å². The molecule has 0 radical (unpaired) electrons. The average Bonchev–Trinajstić information content (AvgIpc) is 3.79. The molecule has 0 saturated heterocycles. The summed E-state index contributed by atoms with van der Waals surface area (Å²) in [6, 6.07) is 46.1. The van der Waals surface area contributed by atoms with E-state index in [4.69, 9.17) is 20.1 Å². The fourth-order valence-corrected chi connectivity index (χ4v) is 8.53. The van der Waals surface area contributed by atoms with E-state index < -0.39 is 0 Å². The lowest BCUT2D eigenvalue weighted by molar-refractivity contribution is 0.668. The number of benzene rings is 7. The first kappa shape index (κ1) is 35.4. The Morgan fingerprint density at radius 2 is 1.18 bits per heavy atom. The summed E-state index contributed by atoms with van der Waals surface area (Å²) in [5.41, 5.74) is 24.9. The number of nitrogens with two attached hydrogens (primary N) is 1. The van der Waals surface area contributed by atoms with Gasteiger partial charge in [-0.05, 0) is 46.2 Å². The highest BCUT2D eigenvalue weighted by Gasteiger charge is 2.23. The van der Waals surface area contributed by atoms with Gasteiger partial charge in [0.25, 0.3) is 0 Å². The first-order valence-corrected chi connectivity index (χ1v) is 19.2. The van der Waals surface area contributed by atoms with Crippen LogP contribution >= 0.6 is 0 Å². The van der Waals surface area contributed by atoms with E-state index in [9.17, 15) is 0 Å². The van der Waals surface area contributed by atoms with Gasteiger partial charge in [0.15, 0.2) is 5.84 Å². The molecule has 0 atom stereocenters. The molecule has 11 heteroatoms. The lowest BCUT2D eigenvalue weighted by Gasteiger charge is -2.17. The normalized spacial score (nSPS) is 12.4. The zero-order valence-corrected chi connectivity index (χ0v) is 32.7. The summed E-state index contributed by atoms with van der Waals surface area (Å²) in [7, 11) is 13.5. The predicted octanol–water partition coefficient (Wildman–Crippen LogP) is 0.253. The largest absolute Gasteiger partial charge is 0.456 e. The molecule has 0 bridgehead atoms. The molecule has 0 saturated carbocycles. The molecular weight excluding hydrogens is 677 g/mol. The third kappa shape index (κ3) is 5.90. The van der Waals surface area contributed by atoms with Gasteiger partial charge in [0.2, 0.25) is 0 Å². The minimum absolute atomic E-state index is 0.403. The Kier molecular flexibility index (Phi) is 8.89. The number of aromatic nitrogens is 1. The van der Waals surface area contributed by atoms with Crippen molar-refractivity contribution in [1.29, 1.82) is 0 Å². The summed E-state index contributed by atoms with van der Waals surface area (Å²) in [5.74, 6) is 1.01. The standard InChI is InChI=1S/C45H38B6N4O/c46-30-21-32(48)42-38(40(30)50)39-41(51)31(47)22-33(49)43(39)55(42)34-16-8-7-15-28(34)26-18-19-35-29(20-26)37-27(14-9-17-36(37)56-35)23-53-45(25-12-5-2-6-13-25)54-44(52)24-10-3-1-4-11-24/h1-22H,23,46-51H2,(H2,52,53,54). The van der Waals surface area contributed by atoms with Crippen LogP contribution in [0.4, 0.5) is 0 Å². The van der Waals surface area contributed by atoms with Gasteiger partial charge in [-0.1, -0.05) is 142 Å². The highest BCUT2D eigenvalue weighted by molar-refractivity contribution is 6.62. The minimum atomic E-state index is 0.403. The zero-order chi connectivity index (χ0) is 38.7. The molecule has 0 amide bonds. The van der Waals surface area contributed by atoms with E-state index in [1.54, 1.807) is 0 Å². The lowest BCUT2D eigenvalue weighted by atomic mass is 9.71.